The number of carbonyl (C=O) groups excluding carboxylic acids is 1. The first-order valence-corrected chi connectivity index (χ1v) is 11.6. The Kier molecular flexibility index (Phi) is 6.32. The Morgan fingerprint density at radius 1 is 1.21 bits per heavy atom. The van der Waals surface area contributed by atoms with Gasteiger partial charge in [-0.15, -0.1) is 0 Å². The van der Waals surface area contributed by atoms with Crippen molar-refractivity contribution in [1.29, 1.82) is 0 Å². The topological polar surface area (TPSA) is 107 Å². The maximum absolute atomic E-state index is 12.3. The minimum Gasteiger partial charge on any atom is -0.494 e. The zero-order valence-corrected chi connectivity index (χ0v) is 20.2. The minimum atomic E-state index is -0.495. The predicted octanol–water partition coefficient (Wildman–Crippen LogP) is 3.74. The number of hydrogen-bond acceptors (Lipinski definition) is 7. The lowest BCUT2D eigenvalue weighted by atomic mass is 10.0. The van der Waals surface area contributed by atoms with E-state index in [4.69, 9.17) is 20.3 Å². The highest BCUT2D eigenvalue weighted by Gasteiger charge is 2.29. The fourth-order valence-electron chi connectivity index (χ4n) is 4.30. The number of likely N-dealkylation sites (tertiary alicyclic amines) is 1. The van der Waals surface area contributed by atoms with Crippen molar-refractivity contribution in [3.05, 3.63) is 29.6 Å². The van der Waals surface area contributed by atoms with Gasteiger partial charge in [0.15, 0.2) is 0 Å². The van der Waals surface area contributed by atoms with Crippen molar-refractivity contribution in [3.63, 3.8) is 0 Å². The molecule has 33 heavy (non-hydrogen) atoms. The van der Waals surface area contributed by atoms with E-state index in [1.807, 2.05) is 50.7 Å². The van der Waals surface area contributed by atoms with Gasteiger partial charge in [0.05, 0.1) is 25.1 Å². The molecule has 1 aliphatic heterocycles. The fourth-order valence-corrected chi connectivity index (χ4v) is 4.30. The van der Waals surface area contributed by atoms with Crippen LogP contribution in [0, 0.1) is 0 Å². The van der Waals surface area contributed by atoms with E-state index < -0.39 is 5.60 Å². The standard InChI is InChI=1S/C24H34N6O3/c1-15(27-18-8-10-29(11-9-18)23(31)33-24(2,3)4)21(28-25)17-12-20(32-5)22-19(16-6-7-16)13-26-30(22)14-17/h12-14,16,18H,6-11,25H2,1-5H3/b27-15?,28-21+. The van der Waals surface area contributed by atoms with Gasteiger partial charge in [0.2, 0.25) is 0 Å². The Hall–Kier alpha value is -3.10. The van der Waals surface area contributed by atoms with Crippen molar-refractivity contribution < 1.29 is 14.3 Å². The molecule has 0 unspecified atom stereocenters. The Bertz CT molecular complexity index is 1090. The van der Waals surface area contributed by atoms with Crippen LogP contribution in [0.1, 0.15) is 70.4 Å². The van der Waals surface area contributed by atoms with Crippen LogP contribution in [0.3, 0.4) is 0 Å². The zero-order valence-electron chi connectivity index (χ0n) is 20.2. The van der Waals surface area contributed by atoms with Gasteiger partial charge in [-0.05, 0) is 65.4 Å². The van der Waals surface area contributed by atoms with Gasteiger partial charge in [0, 0.05) is 30.4 Å². The maximum Gasteiger partial charge on any atom is 0.410 e. The second-order valence-electron chi connectivity index (χ2n) is 9.86. The summed E-state index contributed by atoms with van der Waals surface area (Å²) < 4.78 is 13.0. The summed E-state index contributed by atoms with van der Waals surface area (Å²) in [6.07, 6.45) is 7.51. The molecule has 3 heterocycles. The molecular formula is C24H34N6O3. The molecule has 178 valence electrons. The van der Waals surface area contributed by atoms with E-state index in [-0.39, 0.29) is 12.1 Å². The zero-order chi connectivity index (χ0) is 23.8. The Balaban J connectivity index is 1.49. The first-order valence-electron chi connectivity index (χ1n) is 11.6. The number of pyridine rings is 1. The number of hydrazone groups is 1. The Morgan fingerprint density at radius 2 is 1.91 bits per heavy atom. The van der Waals surface area contributed by atoms with Gasteiger partial charge in [-0.3, -0.25) is 4.99 Å². The SMILES string of the molecule is COc1cc(/C(=N/N)C(C)=NC2CCN(C(=O)OC(C)(C)C)CC2)cn2ncc(C3CC3)c12. The van der Waals surface area contributed by atoms with Crippen LogP contribution in [0.2, 0.25) is 0 Å². The van der Waals surface area contributed by atoms with Crippen molar-refractivity contribution in [3.8, 4) is 5.75 Å². The van der Waals surface area contributed by atoms with Crippen LogP contribution in [0.4, 0.5) is 4.79 Å². The van der Waals surface area contributed by atoms with Crippen molar-refractivity contribution in [1.82, 2.24) is 14.5 Å². The van der Waals surface area contributed by atoms with Crippen molar-refractivity contribution >= 4 is 23.0 Å². The van der Waals surface area contributed by atoms with E-state index in [1.54, 1.807) is 12.0 Å². The molecule has 0 atom stereocenters. The highest BCUT2D eigenvalue weighted by molar-refractivity contribution is 6.47. The number of aromatic nitrogens is 2. The number of carbonyl (C=O) groups is 1. The summed E-state index contributed by atoms with van der Waals surface area (Å²) >= 11 is 0. The minimum absolute atomic E-state index is 0.0947. The number of piperidine rings is 1. The van der Waals surface area contributed by atoms with Crippen molar-refractivity contribution in [2.75, 3.05) is 20.2 Å². The predicted molar refractivity (Wildman–Crippen MR) is 128 cm³/mol. The molecule has 2 fully saturated rings. The molecule has 2 aromatic heterocycles. The van der Waals surface area contributed by atoms with Gasteiger partial charge in [-0.25, -0.2) is 9.31 Å². The fraction of sp³-hybridized carbons (Fsp3) is 0.583. The number of nitrogens with zero attached hydrogens (tertiary/aromatic N) is 5. The third-order valence-electron chi connectivity index (χ3n) is 6.08. The molecule has 0 spiro atoms. The summed E-state index contributed by atoms with van der Waals surface area (Å²) in [6.45, 7) is 8.77. The van der Waals surface area contributed by atoms with E-state index in [0.717, 1.165) is 35.4 Å². The van der Waals surface area contributed by atoms with E-state index in [0.29, 0.717) is 24.7 Å². The van der Waals surface area contributed by atoms with Crippen LogP contribution in [0.15, 0.2) is 28.6 Å². The molecule has 1 saturated carbocycles. The lowest BCUT2D eigenvalue weighted by Gasteiger charge is -2.32. The van der Waals surface area contributed by atoms with Gasteiger partial charge < -0.3 is 20.2 Å². The van der Waals surface area contributed by atoms with Crippen LogP contribution < -0.4 is 10.6 Å². The number of hydrogen-bond donors (Lipinski definition) is 1. The summed E-state index contributed by atoms with van der Waals surface area (Å²) in [6, 6.07) is 2.05. The Labute approximate surface area is 194 Å². The molecule has 4 rings (SSSR count). The van der Waals surface area contributed by atoms with Crippen LogP contribution in [-0.2, 0) is 4.74 Å². The molecule has 0 radical (unpaired) electrons. The molecule has 9 nitrogen and oxygen atoms in total. The molecular weight excluding hydrogens is 420 g/mol. The van der Waals surface area contributed by atoms with Gasteiger partial charge in [0.25, 0.3) is 0 Å². The highest BCUT2D eigenvalue weighted by atomic mass is 16.6. The summed E-state index contributed by atoms with van der Waals surface area (Å²) in [5.74, 6) is 7.12. The van der Waals surface area contributed by atoms with E-state index in [1.165, 1.54) is 18.4 Å². The van der Waals surface area contributed by atoms with Crippen LogP contribution in [0.25, 0.3) is 5.52 Å². The lowest BCUT2D eigenvalue weighted by Crippen LogP contribution is -2.42. The van der Waals surface area contributed by atoms with Crippen molar-refractivity contribution in [2.24, 2.45) is 15.9 Å². The van der Waals surface area contributed by atoms with Crippen LogP contribution >= 0.6 is 0 Å². The first-order chi connectivity index (χ1) is 15.7. The third-order valence-corrected chi connectivity index (χ3v) is 6.08. The number of methoxy groups -OCH3 is 1. The second kappa shape index (κ2) is 9.03. The largest absolute Gasteiger partial charge is 0.494 e. The van der Waals surface area contributed by atoms with Gasteiger partial charge in [-0.1, -0.05) is 0 Å². The van der Waals surface area contributed by atoms with E-state index in [9.17, 15) is 4.79 Å². The average Bonchev–Trinajstić information content (AvgIpc) is 3.52. The van der Waals surface area contributed by atoms with E-state index in [2.05, 4.69) is 10.2 Å². The number of aliphatic imine (C=N–C) groups is 1. The average molecular weight is 455 g/mol. The molecule has 0 aromatic carbocycles. The van der Waals surface area contributed by atoms with E-state index >= 15 is 0 Å². The molecule has 2 aromatic rings. The second-order valence-corrected chi connectivity index (χ2v) is 9.86. The normalized spacial score (nSPS) is 18.6. The molecule has 9 heteroatoms. The third kappa shape index (κ3) is 5.12. The summed E-state index contributed by atoms with van der Waals surface area (Å²) in [5.41, 5.74) is 3.90. The molecule has 2 aliphatic rings. The quantitative estimate of drug-likeness (QED) is 0.421. The molecule has 2 N–H and O–H groups in total. The van der Waals surface area contributed by atoms with Crippen molar-refractivity contribution in [2.45, 2.75) is 70.9 Å². The Morgan fingerprint density at radius 3 is 2.48 bits per heavy atom. The van der Waals surface area contributed by atoms with Gasteiger partial charge >= 0.3 is 6.09 Å². The smallest absolute Gasteiger partial charge is 0.410 e. The molecule has 1 aliphatic carbocycles. The number of nitrogens with two attached hydrogens (primary N) is 1. The lowest BCUT2D eigenvalue weighted by molar-refractivity contribution is 0.0207. The number of ether oxygens (including phenoxy) is 2. The highest BCUT2D eigenvalue weighted by Crippen LogP contribution is 2.44. The van der Waals surface area contributed by atoms with Crippen LogP contribution in [0.5, 0.6) is 5.75 Å². The van der Waals surface area contributed by atoms with Gasteiger partial charge in [0.1, 0.15) is 22.6 Å². The summed E-state index contributed by atoms with van der Waals surface area (Å²) in [7, 11) is 1.67. The molecule has 0 bridgehead atoms. The van der Waals surface area contributed by atoms with Crippen LogP contribution in [-0.4, -0.2) is 63.9 Å². The number of fused-ring (bicyclic) bond motifs is 1. The molecule has 1 amide bonds. The first kappa shape index (κ1) is 23.1. The summed E-state index contributed by atoms with van der Waals surface area (Å²) in [5, 5.41) is 8.59. The number of rotatable bonds is 5. The van der Waals surface area contributed by atoms with Gasteiger partial charge in [-0.2, -0.15) is 10.2 Å². The summed E-state index contributed by atoms with van der Waals surface area (Å²) in [4.78, 5) is 18.9. The molecule has 1 saturated heterocycles. The monoisotopic (exact) mass is 454 g/mol. The number of amides is 1. The maximum atomic E-state index is 12.3.